The molecule has 5 heteroatoms. The van der Waals surface area contributed by atoms with Gasteiger partial charge >= 0.3 is 12.1 Å². The van der Waals surface area contributed by atoms with Crippen LogP contribution in [-0.4, -0.2) is 43.3 Å². The molecule has 0 saturated carbocycles. The average molecular weight is 512 g/mol. The van der Waals surface area contributed by atoms with Crippen LogP contribution in [0.2, 0.25) is 0 Å². The lowest BCUT2D eigenvalue weighted by Crippen LogP contribution is -2.41. The number of unbranched alkanes of at least 4 members (excludes halogenated alkanes) is 20. The Morgan fingerprint density at radius 2 is 0.833 bits per heavy atom. The maximum Gasteiger partial charge on any atom is 0.410 e. The van der Waals surface area contributed by atoms with Crippen molar-refractivity contribution in [1.29, 1.82) is 0 Å². The number of ether oxygens (including phenoxy) is 2. The van der Waals surface area contributed by atoms with Gasteiger partial charge in [-0.25, -0.2) is 9.59 Å². The first-order valence-electron chi connectivity index (χ1n) is 15.6. The smallest absolute Gasteiger partial charge is 0.410 e. The average Bonchev–Trinajstić information content (AvgIpc) is 2.88. The summed E-state index contributed by atoms with van der Waals surface area (Å²) in [6.07, 6.45) is 27.4. The third-order valence-electron chi connectivity index (χ3n) is 7.18. The molecule has 0 aromatic heterocycles. The van der Waals surface area contributed by atoms with Crippen LogP contribution in [-0.2, 0) is 14.3 Å². The Hall–Kier alpha value is -1.26. The molecule has 0 spiro atoms. The SMILES string of the molecule is CCCCCCCCCCCCCCCCOC(=O)C(C)N(C)C(=O)OCCCCCCCCCC. The molecule has 0 bridgehead atoms. The van der Waals surface area contributed by atoms with Crippen LogP contribution in [0.3, 0.4) is 0 Å². The van der Waals surface area contributed by atoms with E-state index in [0.717, 1.165) is 25.7 Å². The summed E-state index contributed by atoms with van der Waals surface area (Å²) in [5.41, 5.74) is 0. The van der Waals surface area contributed by atoms with Gasteiger partial charge in [-0.2, -0.15) is 0 Å². The Morgan fingerprint density at radius 3 is 1.19 bits per heavy atom. The predicted octanol–water partition coefficient (Wildman–Crippen LogP) is 9.61. The van der Waals surface area contributed by atoms with Gasteiger partial charge in [-0.05, 0) is 19.8 Å². The number of nitrogens with zero attached hydrogens (tertiary/aromatic N) is 1. The molecule has 0 aliphatic rings. The molecule has 0 rings (SSSR count). The van der Waals surface area contributed by atoms with Crippen molar-refractivity contribution in [2.75, 3.05) is 20.3 Å². The second kappa shape index (κ2) is 26.8. The third-order valence-corrected chi connectivity index (χ3v) is 7.18. The normalized spacial score (nSPS) is 11.9. The predicted molar refractivity (Wildman–Crippen MR) is 152 cm³/mol. The molecular formula is C31H61NO4. The number of carbonyl (C=O) groups is 2. The van der Waals surface area contributed by atoms with E-state index in [4.69, 9.17) is 9.47 Å². The molecular weight excluding hydrogens is 450 g/mol. The summed E-state index contributed by atoms with van der Waals surface area (Å²) in [7, 11) is 1.61. The van der Waals surface area contributed by atoms with Crippen LogP contribution in [0.25, 0.3) is 0 Å². The lowest BCUT2D eigenvalue weighted by molar-refractivity contribution is -0.148. The van der Waals surface area contributed by atoms with Crippen LogP contribution < -0.4 is 0 Å². The molecule has 0 saturated heterocycles. The molecule has 0 N–H and O–H groups in total. The first-order chi connectivity index (χ1) is 17.5. The maximum atomic E-state index is 12.3. The van der Waals surface area contributed by atoms with E-state index in [2.05, 4.69) is 13.8 Å². The Bertz CT molecular complexity index is 497. The highest BCUT2D eigenvalue weighted by Crippen LogP contribution is 2.13. The fraction of sp³-hybridized carbons (Fsp3) is 0.935. The molecule has 0 aliphatic heterocycles. The summed E-state index contributed by atoms with van der Waals surface area (Å²) in [6.45, 7) is 7.05. The largest absolute Gasteiger partial charge is 0.464 e. The zero-order valence-electron chi connectivity index (χ0n) is 24.6. The topological polar surface area (TPSA) is 55.8 Å². The van der Waals surface area contributed by atoms with Crippen molar-refractivity contribution in [1.82, 2.24) is 4.90 Å². The van der Waals surface area contributed by atoms with E-state index in [-0.39, 0.29) is 5.97 Å². The van der Waals surface area contributed by atoms with Gasteiger partial charge in [0.1, 0.15) is 6.04 Å². The van der Waals surface area contributed by atoms with Crippen molar-refractivity contribution < 1.29 is 19.1 Å². The first kappa shape index (κ1) is 34.7. The minimum atomic E-state index is -0.622. The van der Waals surface area contributed by atoms with Gasteiger partial charge in [-0.3, -0.25) is 4.90 Å². The van der Waals surface area contributed by atoms with E-state index in [1.807, 2.05) is 0 Å². The molecule has 1 unspecified atom stereocenters. The van der Waals surface area contributed by atoms with Gasteiger partial charge in [0.2, 0.25) is 0 Å². The lowest BCUT2D eigenvalue weighted by Gasteiger charge is -2.22. The van der Waals surface area contributed by atoms with Crippen molar-refractivity contribution in [2.45, 2.75) is 168 Å². The van der Waals surface area contributed by atoms with Crippen molar-refractivity contribution in [3.63, 3.8) is 0 Å². The van der Waals surface area contributed by atoms with Gasteiger partial charge in [-0.1, -0.05) is 142 Å². The summed E-state index contributed by atoms with van der Waals surface area (Å²) in [6, 6.07) is -0.622. The monoisotopic (exact) mass is 511 g/mol. The van der Waals surface area contributed by atoms with Gasteiger partial charge in [0.15, 0.2) is 0 Å². The summed E-state index contributed by atoms with van der Waals surface area (Å²) < 4.78 is 10.7. The van der Waals surface area contributed by atoms with Crippen molar-refractivity contribution in [3.8, 4) is 0 Å². The minimum Gasteiger partial charge on any atom is -0.464 e. The van der Waals surface area contributed by atoms with Crippen LogP contribution in [0.5, 0.6) is 0 Å². The van der Waals surface area contributed by atoms with E-state index in [1.54, 1.807) is 14.0 Å². The highest BCUT2D eigenvalue weighted by Gasteiger charge is 2.24. The molecule has 0 aromatic carbocycles. The molecule has 0 aromatic rings. The molecule has 0 fully saturated rings. The van der Waals surface area contributed by atoms with Crippen LogP contribution in [0.15, 0.2) is 0 Å². The molecule has 214 valence electrons. The van der Waals surface area contributed by atoms with E-state index >= 15 is 0 Å². The van der Waals surface area contributed by atoms with Gasteiger partial charge in [0, 0.05) is 7.05 Å². The highest BCUT2D eigenvalue weighted by molar-refractivity contribution is 5.80. The molecule has 1 amide bonds. The van der Waals surface area contributed by atoms with Crippen LogP contribution in [0.4, 0.5) is 4.79 Å². The Balaban J connectivity index is 3.57. The second-order valence-corrected chi connectivity index (χ2v) is 10.6. The number of rotatable bonds is 26. The van der Waals surface area contributed by atoms with E-state index < -0.39 is 12.1 Å². The standard InChI is InChI=1S/C31H61NO4/c1-5-7-9-11-13-15-16-17-18-19-20-22-23-25-27-35-30(33)29(3)32(4)31(34)36-28-26-24-21-14-12-10-8-6-2/h29H,5-28H2,1-4H3. The number of amides is 1. The van der Waals surface area contributed by atoms with Gasteiger partial charge in [-0.15, -0.1) is 0 Å². The van der Waals surface area contributed by atoms with Gasteiger partial charge < -0.3 is 9.47 Å². The Labute approximate surface area is 224 Å². The highest BCUT2D eigenvalue weighted by atomic mass is 16.6. The summed E-state index contributed by atoms with van der Waals surface area (Å²) in [5, 5.41) is 0. The molecule has 36 heavy (non-hydrogen) atoms. The molecule has 0 aliphatic carbocycles. The minimum absolute atomic E-state index is 0.351. The Morgan fingerprint density at radius 1 is 0.528 bits per heavy atom. The molecule has 5 nitrogen and oxygen atoms in total. The van der Waals surface area contributed by atoms with Crippen LogP contribution in [0.1, 0.15) is 162 Å². The van der Waals surface area contributed by atoms with E-state index in [0.29, 0.717) is 13.2 Å². The van der Waals surface area contributed by atoms with E-state index in [9.17, 15) is 9.59 Å². The second-order valence-electron chi connectivity index (χ2n) is 10.6. The van der Waals surface area contributed by atoms with Gasteiger partial charge in [0.25, 0.3) is 0 Å². The van der Waals surface area contributed by atoms with Crippen molar-refractivity contribution >= 4 is 12.1 Å². The fourth-order valence-corrected chi connectivity index (χ4v) is 4.40. The van der Waals surface area contributed by atoms with Crippen molar-refractivity contribution in [3.05, 3.63) is 0 Å². The number of likely N-dealkylation sites (N-methyl/N-ethyl adjacent to an activating group) is 1. The first-order valence-corrected chi connectivity index (χ1v) is 15.6. The Kier molecular flexibility index (Phi) is 25.9. The zero-order valence-corrected chi connectivity index (χ0v) is 24.6. The number of carbonyl (C=O) groups excluding carboxylic acids is 2. The molecule has 0 radical (unpaired) electrons. The van der Waals surface area contributed by atoms with Crippen molar-refractivity contribution in [2.24, 2.45) is 0 Å². The summed E-state index contributed by atoms with van der Waals surface area (Å²) in [4.78, 5) is 25.8. The number of hydrogen-bond donors (Lipinski definition) is 0. The maximum absolute atomic E-state index is 12.3. The zero-order chi connectivity index (χ0) is 26.7. The van der Waals surface area contributed by atoms with E-state index in [1.165, 1.54) is 120 Å². The number of esters is 1. The van der Waals surface area contributed by atoms with Gasteiger partial charge in [0.05, 0.1) is 13.2 Å². The quantitative estimate of drug-likeness (QED) is 0.0856. The molecule has 0 heterocycles. The third kappa shape index (κ3) is 22.0. The lowest BCUT2D eigenvalue weighted by atomic mass is 10.0. The molecule has 1 atom stereocenters. The van der Waals surface area contributed by atoms with Crippen LogP contribution >= 0.6 is 0 Å². The summed E-state index contributed by atoms with van der Waals surface area (Å²) in [5.74, 6) is -0.351. The number of hydrogen-bond acceptors (Lipinski definition) is 4. The summed E-state index contributed by atoms with van der Waals surface area (Å²) >= 11 is 0. The fourth-order valence-electron chi connectivity index (χ4n) is 4.40. The van der Waals surface area contributed by atoms with Crippen LogP contribution in [0, 0.1) is 0 Å².